The summed E-state index contributed by atoms with van der Waals surface area (Å²) in [6, 6.07) is 3.05. The minimum Gasteiger partial charge on any atom is -0.398 e. The highest BCUT2D eigenvalue weighted by atomic mass is 35.5. The fourth-order valence-corrected chi connectivity index (χ4v) is 4.35. The van der Waals surface area contributed by atoms with E-state index in [1.54, 1.807) is 13.0 Å². The number of anilines is 1. The smallest absolute Gasteiger partial charge is 0.241 e. The Morgan fingerprint density at radius 3 is 2.53 bits per heavy atom. The molecule has 0 amide bonds. The van der Waals surface area contributed by atoms with Gasteiger partial charge in [-0.05, 0) is 37.5 Å². The van der Waals surface area contributed by atoms with Gasteiger partial charge in [0, 0.05) is 16.8 Å². The molecule has 4 nitrogen and oxygen atoms in total. The summed E-state index contributed by atoms with van der Waals surface area (Å²) in [4.78, 5) is 0.183. The summed E-state index contributed by atoms with van der Waals surface area (Å²) in [6.07, 6.45) is 5.12. The van der Waals surface area contributed by atoms with E-state index in [2.05, 4.69) is 4.72 Å². The Bertz CT molecular complexity index is 566. The molecule has 3 N–H and O–H groups in total. The number of nitrogens with two attached hydrogens (primary N) is 1. The highest BCUT2D eigenvalue weighted by Gasteiger charge is 2.24. The summed E-state index contributed by atoms with van der Waals surface area (Å²) in [7, 11) is -3.55. The molecule has 0 heterocycles. The van der Waals surface area contributed by atoms with Crippen LogP contribution in [0.5, 0.6) is 0 Å². The Labute approximate surface area is 119 Å². The van der Waals surface area contributed by atoms with E-state index in [-0.39, 0.29) is 10.9 Å². The molecule has 0 radical (unpaired) electrons. The van der Waals surface area contributed by atoms with Gasteiger partial charge in [-0.15, -0.1) is 0 Å². The van der Waals surface area contributed by atoms with Crippen molar-refractivity contribution in [3.8, 4) is 0 Å². The van der Waals surface area contributed by atoms with Gasteiger partial charge in [-0.1, -0.05) is 30.9 Å². The number of hydrogen-bond donors (Lipinski definition) is 2. The first kappa shape index (κ1) is 14.6. The van der Waals surface area contributed by atoms with E-state index < -0.39 is 10.0 Å². The lowest BCUT2D eigenvalue weighted by atomic mass is 9.96. The van der Waals surface area contributed by atoms with Crippen molar-refractivity contribution >= 4 is 27.3 Å². The zero-order valence-corrected chi connectivity index (χ0v) is 12.5. The molecule has 106 valence electrons. The van der Waals surface area contributed by atoms with Gasteiger partial charge in [-0.2, -0.15) is 0 Å². The predicted molar refractivity (Wildman–Crippen MR) is 77.8 cm³/mol. The maximum atomic E-state index is 12.4. The average Bonchev–Trinajstić information content (AvgIpc) is 2.34. The van der Waals surface area contributed by atoms with Gasteiger partial charge in [-0.3, -0.25) is 0 Å². The van der Waals surface area contributed by atoms with Crippen molar-refractivity contribution in [3.63, 3.8) is 0 Å². The van der Waals surface area contributed by atoms with Gasteiger partial charge in [-0.25, -0.2) is 13.1 Å². The van der Waals surface area contributed by atoms with Crippen LogP contribution in [0.15, 0.2) is 17.0 Å². The van der Waals surface area contributed by atoms with Crippen molar-refractivity contribution in [2.45, 2.75) is 50.0 Å². The molecule has 0 aromatic heterocycles. The van der Waals surface area contributed by atoms with Crippen molar-refractivity contribution in [1.29, 1.82) is 0 Å². The molecule has 0 aliphatic heterocycles. The number of halogens is 1. The van der Waals surface area contributed by atoms with E-state index in [0.717, 1.165) is 25.7 Å². The van der Waals surface area contributed by atoms with E-state index in [0.29, 0.717) is 16.3 Å². The second kappa shape index (κ2) is 5.69. The first-order chi connectivity index (χ1) is 8.90. The van der Waals surface area contributed by atoms with Crippen molar-refractivity contribution in [1.82, 2.24) is 4.72 Å². The third-order valence-electron chi connectivity index (χ3n) is 3.58. The van der Waals surface area contributed by atoms with Crippen molar-refractivity contribution in [2.24, 2.45) is 0 Å². The van der Waals surface area contributed by atoms with Crippen LogP contribution >= 0.6 is 11.6 Å². The molecule has 0 bridgehead atoms. The number of rotatable bonds is 3. The van der Waals surface area contributed by atoms with Gasteiger partial charge >= 0.3 is 0 Å². The molecule has 2 rings (SSSR count). The van der Waals surface area contributed by atoms with Gasteiger partial charge in [0.25, 0.3) is 0 Å². The maximum Gasteiger partial charge on any atom is 0.241 e. The Hall–Kier alpha value is -0.780. The zero-order valence-electron chi connectivity index (χ0n) is 10.9. The van der Waals surface area contributed by atoms with Crippen LogP contribution in [-0.4, -0.2) is 14.5 Å². The van der Waals surface area contributed by atoms with E-state index in [9.17, 15) is 8.42 Å². The van der Waals surface area contributed by atoms with Crippen LogP contribution in [0.25, 0.3) is 0 Å². The minimum absolute atomic E-state index is 0.0263. The molecular weight excluding hydrogens is 284 g/mol. The predicted octanol–water partition coefficient (Wildman–Crippen LogP) is 2.84. The number of benzene rings is 1. The third-order valence-corrected chi connectivity index (χ3v) is 5.45. The molecule has 6 heteroatoms. The van der Waals surface area contributed by atoms with Crippen LogP contribution in [0.4, 0.5) is 5.69 Å². The minimum atomic E-state index is -3.55. The summed E-state index contributed by atoms with van der Waals surface area (Å²) in [6.45, 7) is 1.70. The zero-order chi connectivity index (χ0) is 14.0. The molecule has 0 atom stereocenters. The molecule has 1 saturated carbocycles. The molecule has 1 aromatic rings. The standard InChI is InChI=1S/C13H19ClN2O2S/c1-9-12(15)7-10(14)8-13(9)19(17,18)16-11-5-3-2-4-6-11/h7-8,11,16H,2-6,15H2,1H3. The Morgan fingerprint density at radius 1 is 1.26 bits per heavy atom. The second-order valence-electron chi connectivity index (χ2n) is 5.07. The monoisotopic (exact) mass is 302 g/mol. The topological polar surface area (TPSA) is 72.2 Å². The summed E-state index contributed by atoms with van der Waals surface area (Å²) >= 11 is 5.90. The van der Waals surface area contributed by atoms with Crippen LogP contribution in [0.1, 0.15) is 37.7 Å². The quantitative estimate of drug-likeness (QED) is 0.843. The molecular formula is C13H19ClN2O2S. The van der Waals surface area contributed by atoms with Crippen LogP contribution in [-0.2, 0) is 10.0 Å². The Morgan fingerprint density at radius 2 is 1.89 bits per heavy atom. The first-order valence-electron chi connectivity index (χ1n) is 6.48. The molecule has 1 aliphatic rings. The average molecular weight is 303 g/mol. The summed E-state index contributed by atoms with van der Waals surface area (Å²) in [5.41, 5.74) is 6.72. The summed E-state index contributed by atoms with van der Waals surface area (Å²) < 4.78 is 27.6. The van der Waals surface area contributed by atoms with E-state index in [1.165, 1.54) is 12.5 Å². The lowest BCUT2D eigenvalue weighted by Gasteiger charge is -2.23. The molecule has 0 spiro atoms. The van der Waals surface area contributed by atoms with E-state index in [4.69, 9.17) is 17.3 Å². The maximum absolute atomic E-state index is 12.4. The van der Waals surface area contributed by atoms with Crippen LogP contribution < -0.4 is 10.5 Å². The van der Waals surface area contributed by atoms with Gasteiger partial charge < -0.3 is 5.73 Å². The lowest BCUT2D eigenvalue weighted by molar-refractivity contribution is 0.412. The van der Waals surface area contributed by atoms with Crippen molar-refractivity contribution < 1.29 is 8.42 Å². The Kier molecular flexibility index (Phi) is 4.38. The molecule has 1 fully saturated rings. The number of hydrogen-bond acceptors (Lipinski definition) is 3. The fraction of sp³-hybridized carbons (Fsp3) is 0.538. The molecule has 1 aromatic carbocycles. The number of sulfonamides is 1. The van der Waals surface area contributed by atoms with Gasteiger partial charge in [0.2, 0.25) is 10.0 Å². The molecule has 19 heavy (non-hydrogen) atoms. The van der Waals surface area contributed by atoms with E-state index >= 15 is 0 Å². The number of nitrogen functional groups attached to an aromatic ring is 1. The number of nitrogens with one attached hydrogen (secondary N) is 1. The van der Waals surface area contributed by atoms with E-state index in [1.807, 2.05) is 0 Å². The highest BCUT2D eigenvalue weighted by Crippen LogP contribution is 2.27. The van der Waals surface area contributed by atoms with Gasteiger partial charge in [0.05, 0.1) is 4.90 Å². The highest BCUT2D eigenvalue weighted by molar-refractivity contribution is 7.89. The summed E-state index contributed by atoms with van der Waals surface area (Å²) in [5, 5.41) is 0.340. The fourth-order valence-electron chi connectivity index (χ4n) is 2.46. The SMILES string of the molecule is Cc1c(N)cc(Cl)cc1S(=O)(=O)NC1CCCCC1. The largest absolute Gasteiger partial charge is 0.398 e. The first-order valence-corrected chi connectivity index (χ1v) is 8.34. The van der Waals surface area contributed by atoms with Gasteiger partial charge in [0.1, 0.15) is 0 Å². The van der Waals surface area contributed by atoms with Crippen LogP contribution in [0.2, 0.25) is 5.02 Å². The molecule has 0 saturated heterocycles. The normalized spacial score (nSPS) is 17.6. The molecule has 0 unspecified atom stereocenters. The van der Waals surface area contributed by atoms with Crippen molar-refractivity contribution in [3.05, 3.63) is 22.7 Å². The lowest BCUT2D eigenvalue weighted by Crippen LogP contribution is -2.36. The van der Waals surface area contributed by atoms with Crippen LogP contribution in [0.3, 0.4) is 0 Å². The second-order valence-corrected chi connectivity index (χ2v) is 7.19. The summed E-state index contributed by atoms with van der Waals surface area (Å²) in [5.74, 6) is 0. The Balaban J connectivity index is 2.28. The third kappa shape index (κ3) is 3.41. The molecule has 1 aliphatic carbocycles. The van der Waals surface area contributed by atoms with Crippen LogP contribution in [0, 0.1) is 6.92 Å². The van der Waals surface area contributed by atoms with Crippen molar-refractivity contribution in [2.75, 3.05) is 5.73 Å². The van der Waals surface area contributed by atoms with Gasteiger partial charge in [0.15, 0.2) is 0 Å².